The third-order valence-corrected chi connectivity index (χ3v) is 2.13. The second-order valence-electron chi connectivity index (χ2n) is 3.31. The Kier molecular flexibility index (Phi) is 4.78. The number of hydrogen-bond donors (Lipinski definition) is 1. The van der Waals surface area contributed by atoms with Crippen LogP contribution < -0.4 is 0 Å². The fourth-order valence-electron chi connectivity index (χ4n) is 1.46. The summed E-state index contributed by atoms with van der Waals surface area (Å²) in [5.74, 6) is 0. The van der Waals surface area contributed by atoms with Gasteiger partial charge in [-0.05, 0) is 25.5 Å². The molecule has 0 unspecified atom stereocenters. The lowest BCUT2D eigenvalue weighted by atomic mass is 10.00. The Bertz CT molecular complexity index is 357. The van der Waals surface area contributed by atoms with Crippen LogP contribution in [-0.4, -0.2) is 24.0 Å². The van der Waals surface area contributed by atoms with Gasteiger partial charge in [0.05, 0.1) is 18.9 Å². The first-order valence-corrected chi connectivity index (χ1v) is 5.13. The van der Waals surface area contributed by atoms with Gasteiger partial charge in [0.2, 0.25) is 0 Å². The van der Waals surface area contributed by atoms with Crippen LogP contribution in [0.4, 0.5) is 0 Å². The highest BCUT2D eigenvalue weighted by molar-refractivity contribution is 6.12. The minimum atomic E-state index is 0.0942. The van der Waals surface area contributed by atoms with Gasteiger partial charge in [-0.25, -0.2) is 0 Å². The number of aliphatic hydroxyl groups excluding tert-OH is 1. The van der Waals surface area contributed by atoms with Gasteiger partial charge in [-0.15, -0.1) is 0 Å². The van der Waals surface area contributed by atoms with E-state index in [0.717, 1.165) is 11.3 Å². The summed E-state index contributed by atoms with van der Waals surface area (Å²) in [7, 11) is 0. The van der Waals surface area contributed by atoms with Crippen molar-refractivity contribution in [2.75, 3.05) is 13.2 Å². The number of rotatable bonds is 3. The largest absolute Gasteiger partial charge is 0.394 e. The van der Waals surface area contributed by atoms with Crippen LogP contribution in [-0.2, 0) is 0 Å². The molecule has 1 aliphatic carbocycles. The Morgan fingerprint density at radius 3 is 2.80 bits per heavy atom. The molecule has 0 bridgehead atoms. The summed E-state index contributed by atoms with van der Waals surface area (Å²) in [6, 6.07) is 0. The van der Waals surface area contributed by atoms with Crippen molar-refractivity contribution in [1.82, 2.24) is 0 Å². The molecule has 0 saturated heterocycles. The van der Waals surface area contributed by atoms with E-state index in [1.54, 1.807) is 0 Å². The van der Waals surface area contributed by atoms with Crippen molar-refractivity contribution in [3.05, 3.63) is 47.6 Å². The lowest BCUT2D eigenvalue weighted by Gasteiger charge is -2.09. The molecule has 0 aromatic rings. The van der Waals surface area contributed by atoms with E-state index >= 15 is 0 Å². The first-order valence-electron chi connectivity index (χ1n) is 5.13. The molecule has 2 nitrogen and oxygen atoms in total. The first-order chi connectivity index (χ1) is 7.29. The first kappa shape index (κ1) is 11.7. The van der Waals surface area contributed by atoms with E-state index in [1.165, 1.54) is 5.57 Å². The van der Waals surface area contributed by atoms with Gasteiger partial charge in [-0.3, -0.25) is 4.99 Å². The molecule has 1 rings (SSSR count). The van der Waals surface area contributed by atoms with Gasteiger partial charge in [-0.1, -0.05) is 30.4 Å². The molecule has 0 atom stereocenters. The Labute approximate surface area is 91.0 Å². The molecular formula is C13H17NO. The van der Waals surface area contributed by atoms with Crippen LogP contribution in [0.15, 0.2) is 52.6 Å². The Morgan fingerprint density at radius 1 is 1.40 bits per heavy atom. The highest BCUT2D eigenvalue weighted by Crippen LogP contribution is 2.14. The van der Waals surface area contributed by atoms with E-state index in [4.69, 9.17) is 5.11 Å². The van der Waals surface area contributed by atoms with Gasteiger partial charge in [0, 0.05) is 5.57 Å². The van der Waals surface area contributed by atoms with Crippen LogP contribution in [0.3, 0.4) is 0 Å². The van der Waals surface area contributed by atoms with Crippen LogP contribution in [0.2, 0.25) is 0 Å². The van der Waals surface area contributed by atoms with Crippen LogP contribution in [0.25, 0.3) is 0 Å². The monoisotopic (exact) mass is 203 g/mol. The van der Waals surface area contributed by atoms with Crippen molar-refractivity contribution in [2.24, 2.45) is 4.99 Å². The van der Waals surface area contributed by atoms with Gasteiger partial charge in [0.15, 0.2) is 0 Å². The van der Waals surface area contributed by atoms with Crippen LogP contribution in [0.5, 0.6) is 0 Å². The Balaban J connectivity index is 3.00. The van der Waals surface area contributed by atoms with Gasteiger partial charge in [0.1, 0.15) is 0 Å². The van der Waals surface area contributed by atoms with Crippen molar-refractivity contribution < 1.29 is 5.11 Å². The molecule has 15 heavy (non-hydrogen) atoms. The summed E-state index contributed by atoms with van der Waals surface area (Å²) < 4.78 is 0. The van der Waals surface area contributed by atoms with E-state index in [1.807, 2.05) is 37.3 Å². The summed E-state index contributed by atoms with van der Waals surface area (Å²) in [5, 5.41) is 8.75. The van der Waals surface area contributed by atoms with Crippen molar-refractivity contribution in [1.29, 1.82) is 0 Å². The fraction of sp³-hybridized carbons (Fsp3) is 0.308. The van der Waals surface area contributed by atoms with E-state index in [2.05, 4.69) is 18.0 Å². The summed E-state index contributed by atoms with van der Waals surface area (Å²) in [6.07, 6.45) is 12.1. The van der Waals surface area contributed by atoms with Crippen LogP contribution >= 0.6 is 0 Å². The average molecular weight is 203 g/mol. The van der Waals surface area contributed by atoms with Crippen LogP contribution in [0.1, 0.15) is 13.8 Å². The summed E-state index contributed by atoms with van der Waals surface area (Å²) in [4.78, 5) is 4.32. The van der Waals surface area contributed by atoms with Gasteiger partial charge in [-0.2, -0.15) is 0 Å². The maximum atomic E-state index is 8.75. The molecule has 1 N–H and O–H groups in total. The van der Waals surface area contributed by atoms with Crippen molar-refractivity contribution in [3.63, 3.8) is 0 Å². The van der Waals surface area contributed by atoms with Crippen LogP contribution in [0, 0.1) is 0 Å². The molecule has 0 fully saturated rings. The van der Waals surface area contributed by atoms with E-state index in [9.17, 15) is 0 Å². The van der Waals surface area contributed by atoms with E-state index in [-0.39, 0.29) is 6.61 Å². The summed E-state index contributed by atoms with van der Waals surface area (Å²) in [6.45, 7) is 4.61. The molecule has 0 heterocycles. The third-order valence-electron chi connectivity index (χ3n) is 2.13. The molecule has 0 aromatic carbocycles. The molecule has 1 aliphatic rings. The maximum absolute atomic E-state index is 8.75. The minimum absolute atomic E-state index is 0.0942. The predicted molar refractivity (Wildman–Crippen MR) is 65.2 cm³/mol. The van der Waals surface area contributed by atoms with Gasteiger partial charge >= 0.3 is 0 Å². The fourth-order valence-corrected chi connectivity index (χ4v) is 1.46. The number of hydrogen-bond acceptors (Lipinski definition) is 2. The Morgan fingerprint density at radius 2 is 2.13 bits per heavy atom. The lowest BCUT2D eigenvalue weighted by Crippen LogP contribution is -2.04. The number of nitrogens with zero attached hydrogens (tertiary/aromatic N) is 1. The summed E-state index contributed by atoms with van der Waals surface area (Å²) in [5.41, 5.74) is 3.26. The van der Waals surface area contributed by atoms with Crippen molar-refractivity contribution in [3.8, 4) is 0 Å². The van der Waals surface area contributed by atoms with Gasteiger partial charge in [0.25, 0.3) is 0 Å². The highest BCUT2D eigenvalue weighted by Gasteiger charge is 2.05. The number of allylic oxidation sites excluding steroid dienone is 8. The maximum Gasteiger partial charge on any atom is 0.0650 e. The second-order valence-corrected chi connectivity index (χ2v) is 3.31. The quantitative estimate of drug-likeness (QED) is 0.750. The minimum Gasteiger partial charge on any atom is -0.394 e. The molecular weight excluding hydrogens is 186 g/mol. The zero-order valence-electron chi connectivity index (χ0n) is 9.27. The molecule has 2 heteroatoms. The predicted octanol–water partition coefficient (Wildman–Crippen LogP) is 2.44. The zero-order valence-corrected chi connectivity index (χ0v) is 9.27. The third kappa shape index (κ3) is 3.33. The smallest absolute Gasteiger partial charge is 0.0650 e. The highest BCUT2D eigenvalue weighted by atomic mass is 16.3. The van der Waals surface area contributed by atoms with E-state index in [0.29, 0.717) is 6.54 Å². The molecule has 0 spiro atoms. The van der Waals surface area contributed by atoms with Crippen molar-refractivity contribution >= 4 is 5.71 Å². The normalized spacial score (nSPS) is 21.7. The van der Waals surface area contributed by atoms with Crippen molar-refractivity contribution in [2.45, 2.75) is 13.8 Å². The number of aliphatic imine (C=N–C) groups is 1. The van der Waals surface area contributed by atoms with Gasteiger partial charge < -0.3 is 5.11 Å². The summed E-state index contributed by atoms with van der Waals surface area (Å²) >= 11 is 0. The topological polar surface area (TPSA) is 32.6 Å². The lowest BCUT2D eigenvalue weighted by molar-refractivity contribution is 0.307. The molecule has 0 saturated carbocycles. The van der Waals surface area contributed by atoms with E-state index < -0.39 is 0 Å². The molecule has 0 aliphatic heterocycles. The second kappa shape index (κ2) is 6.14. The zero-order chi connectivity index (χ0) is 11.1. The molecule has 0 radical (unpaired) electrons. The standard InChI is InChI=1S/C13H17NO/c1-3-6-11(2)12-7-4-5-8-13(12)14-9-10-15/h3-8,15H,9-10H2,1-2H3/b6-3-,12-11-,14-13+. The molecule has 0 amide bonds. The Hall–Kier alpha value is -1.41. The number of aliphatic hydroxyl groups is 1. The molecule has 0 aromatic heterocycles. The SMILES string of the molecule is C\C=C/C(C)=C1/C=CC=C/C1=N\CCO. The average Bonchev–Trinajstić information content (AvgIpc) is 2.27. The molecule has 80 valence electrons.